The molecule has 0 amide bonds. The van der Waals surface area contributed by atoms with Crippen molar-refractivity contribution in [2.75, 3.05) is 13.6 Å². The third-order valence-electron chi connectivity index (χ3n) is 4.41. The summed E-state index contributed by atoms with van der Waals surface area (Å²) < 4.78 is 28.7. The van der Waals surface area contributed by atoms with Gasteiger partial charge in [0.15, 0.2) is 0 Å². The Morgan fingerprint density at radius 1 is 1.30 bits per heavy atom. The molecular weight excluding hydrogens is 312 g/mol. The van der Waals surface area contributed by atoms with E-state index in [9.17, 15) is 8.42 Å². The molecule has 0 aromatic carbocycles. The van der Waals surface area contributed by atoms with Gasteiger partial charge in [-0.2, -0.15) is 13.1 Å². The van der Waals surface area contributed by atoms with Crippen LogP contribution in [0, 0.1) is 11.3 Å². The number of aliphatic imine (C=N–C) groups is 1. The van der Waals surface area contributed by atoms with Crippen LogP contribution in [0.25, 0.3) is 0 Å². The summed E-state index contributed by atoms with van der Waals surface area (Å²) in [7, 11) is -2.01. The van der Waals surface area contributed by atoms with E-state index in [4.69, 9.17) is 4.99 Å². The smallest absolute Gasteiger partial charge is 0.276 e. The molecule has 0 spiro atoms. The molecule has 2 aliphatic rings. The first kappa shape index (κ1) is 18.4. The van der Waals surface area contributed by atoms with E-state index >= 15 is 0 Å². The van der Waals surface area contributed by atoms with Crippen LogP contribution in [0.3, 0.4) is 0 Å². The highest BCUT2D eigenvalue weighted by Crippen LogP contribution is 2.41. The maximum Gasteiger partial charge on any atom is 0.276 e. The van der Waals surface area contributed by atoms with Crippen molar-refractivity contribution in [2.45, 2.75) is 60.0 Å². The van der Waals surface area contributed by atoms with E-state index in [2.05, 4.69) is 55.9 Å². The fourth-order valence-electron chi connectivity index (χ4n) is 3.68. The number of amidine groups is 1. The molecule has 0 aliphatic carbocycles. The molecule has 2 heterocycles. The number of hydrogen-bond donors (Lipinski definition) is 2. The Labute approximate surface area is 140 Å². The minimum Gasteiger partial charge on any atom is -0.332 e. The molecule has 0 saturated carbocycles. The molecule has 1 fully saturated rings. The molecule has 2 aliphatic heterocycles. The Bertz CT molecular complexity index is 629. The van der Waals surface area contributed by atoms with Crippen LogP contribution in [0.1, 0.15) is 48.0 Å². The van der Waals surface area contributed by atoms with Crippen molar-refractivity contribution in [1.82, 2.24) is 14.3 Å². The van der Waals surface area contributed by atoms with Crippen molar-refractivity contribution in [3.63, 3.8) is 0 Å². The third-order valence-corrected chi connectivity index (χ3v) is 5.60. The molecule has 0 bridgehead atoms. The van der Waals surface area contributed by atoms with Crippen molar-refractivity contribution in [3.05, 3.63) is 11.3 Å². The molecule has 1 unspecified atom stereocenters. The normalized spacial score (nSPS) is 25.9. The second-order valence-corrected chi connectivity index (χ2v) is 9.42. The minimum atomic E-state index is -3.44. The van der Waals surface area contributed by atoms with E-state index in [1.165, 1.54) is 18.3 Å². The SMILES string of the molecule is CNS(=O)(=O)NC1CC2=C(C(C)(C)C)[C@H](C)N=C(C(C)C)N2C1. The van der Waals surface area contributed by atoms with E-state index in [0.717, 1.165) is 5.84 Å². The molecule has 2 rings (SSSR count). The Balaban J connectivity index is 2.41. The van der Waals surface area contributed by atoms with Gasteiger partial charge < -0.3 is 4.90 Å². The van der Waals surface area contributed by atoms with Crippen LogP contribution in [0.2, 0.25) is 0 Å². The lowest BCUT2D eigenvalue weighted by Crippen LogP contribution is -2.44. The van der Waals surface area contributed by atoms with Crippen LogP contribution in [-0.2, 0) is 10.2 Å². The summed E-state index contributed by atoms with van der Waals surface area (Å²) in [5.41, 5.74) is 2.57. The summed E-state index contributed by atoms with van der Waals surface area (Å²) in [6.45, 7) is 13.6. The first-order valence-corrected chi connectivity index (χ1v) is 9.74. The van der Waals surface area contributed by atoms with Crippen LogP contribution in [0.4, 0.5) is 0 Å². The van der Waals surface area contributed by atoms with Gasteiger partial charge in [0.2, 0.25) is 0 Å². The standard InChI is InChI=1S/C16H30N4O2S/c1-10(2)15-18-11(3)14(16(4,5)6)13-8-12(9-20(13)15)19-23(21,22)17-7/h10-12,17,19H,8-9H2,1-7H3/t11-,12?/m0/s1. The predicted molar refractivity (Wildman–Crippen MR) is 94.4 cm³/mol. The fraction of sp³-hybridized carbons (Fsp3) is 0.812. The Morgan fingerprint density at radius 3 is 2.39 bits per heavy atom. The molecule has 2 N–H and O–H groups in total. The van der Waals surface area contributed by atoms with E-state index in [-0.39, 0.29) is 17.5 Å². The van der Waals surface area contributed by atoms with Crippen molar-refractivity contribution in [2.24, 2.45) is 16.3 Å². The largest absolute Gasteiger partial charge is 0.332 e. The first-order chi connectivity index (χ1) is 10.5. The quantitative estimate of drug-likeness (QED) is 0.819. The highest BCUT2D eigenvalue weighted by molar-refractivity contribution is 7.87. The van der Waals surface area contributed by atoms with Crippen LogP contribution in [-0.4, -0.2) is 44.8 Å². The van der Waals surface area contributed by atoms with E-state index < -0.39 is 10.2 Å². The second-order valence-electron chi connectivity index (χ2n) is 7.77. The van der Waals surface area contributed by atoms with Gasteiger partial charge in [0.25, 0.3) is 10.2 Å². The zero-order valence-electron chi connectivity index (χ0n) is 15.3. The molecule has 7 heteroatoms. The maximum absolute atomic E-state index is 11.8. The molecule has 6 nitrogen and oxygen atoms in total. The summed E-state index contributed by atoms with van der Waals surface area (Å²) in [4.78, 5) is 7.15. The first-order valence-electron chi connectivity index (χ1n) is 8.25. The number of fused-ring (bicyclic) bond motifs is 1. The second kappa shape index (κ2) is 6.18. The van der Waals surface area contributed by atoms with E-state index in [1.807, 2.05) is 0 Å². The molecule has 132 valence electrons. The van der Waals surface area contributed by atoms with Crippen LogP contribution in [0.5, 0.6) is 0 Å². The van der Waals surface area contributed by atoms with Gasteiger partial charge in [-0.3, -0.25) is 4.99 Å². The lowest BCUT2D eigenvalue weighted by Gasteiger charge is -2.38. The molecule has 0 radical (unpaired) electrons. The molecule has 0 aromatic rings. The number of nitrogens with one attached hydrogen (secondary N) is 2. The Kier molecular flexibility index (Phi) is 4.95. The van der Waals surface area contributed by atoms with Crippen LogP contribution in [0.15, 0.2) is 16.3 Å². The lowest BCUT2D eigenvalue weighted by molar-refractivity contribution is 0.415. The van der Waals surface area contributed by atoms with Crippen molar-refractivity contribution in [3.8, 4) is 0 Å². The van der Waals surface area contributed by atoms with E-state index in [0.29, 0.717) is 18.9 Å². The average Bonchev–Trinajstić information content (AvgIpc) is 2.77. The molecule has 1 saturated heterocycles. The van der Waals surface area contributed by atoms with Crippen molar-refractivity contribution in [1.29, 1.82) is 0 Å². The van der Waals surface area contributed by atoms with Gasteiger partial charge in [-0.15, -0.1) is 0 Å². The molecular formula is C16H30N4O2S. The monoisotopic (exact) mass is 342 g/mol. The Hall–Kier alpha value is -0.920. The lowest BCUT2D eigenvalue weighted by atomic mass is 9.79. The van der Waals surface area contributed by atoms with Gasteiger partial charge in [-0.1, -0.05) is 34.6 Å². The zero-order chi connectivity index (χ0) is 17.6. The van der Waals surface area contributed by atoms with Gasteiger partial charge >= 0.3 is 0 Å². The van der Waals surface area contributed by atoms with Crippen LogP contribution >= 0.6 is 0 Å². The topological polar surface area (TPSA) is 73.8 Å². The number of nitrogens with zero attached hydrogens (tertiary/aromatic N) is 2. The summed E-state index contributed by atoms with van der Waals surface area (Å²) in [5, 5.41) is 0. The highest BCUT2D eigenvalue weighted by atomic mass is 32.2. The van der Waals surface area contributed by atoms with E-state index in [1.54, 1.807) is 0 Å². The van der Waals surface area contributed by atoms with Crippen molar-refractivity contribution < 1.29 is 8.42 Å². The highest BCUT2D eigenvalue weighted by Gasteiger charge is 2.40. The van der Waals surface area contributed by atoms with Gasteiger partial charge in [-0.05, 0) is 17.9 Å². The van der Waals surface area contributed by atoms with Gasteiger partial charge in [0.05, 0.1) is 6.04 Å². The number of hydrogen-bond acceptors (Lipinski definition) is 4. The van der Waals surface area contributed by atoms with Crippen molar-refractivity contribution >= 4 is 16.0 Å². The average molecular weight is 343 g/mol. The molecule has 0 aromatic heterocycles. The maximum atomic E-state index is 11.8. The van der Waals surface area contributed by atoms with Gasteiger partial charge in [-0.25, -0.2) is 4.72 Å². The summed E-state index contributed by atoms with van der Waals surface area (Å²) in [6, 6.07) is 0.00681. The molecule has 23 heavy (non-hydrogen) atoms. The zero-order valence-corrected chi connectivity index (χ0v) is 16.1. The minimum absolute atomic E-state index is 0.00970. The summed E-state index contributed by atoms with van der Waals surface area (Å²) >= 11 is 0. The summed E-state index contributed by atoms with van der Waals surface area (Å²) in [6.07, 6.45) is 0.712. The third kappa shape index (κ3) is 3.78. The summed E-state index contributed by atoms with van der Waals surface area (Å²) in [5.74, 6) is 1.38. The number of rotatable bonds is 4. The molecule has 2 atom stereocenters. The fourth-order valence-corrected chi connectivity index (χ4v) is 4.39. The Morgan fingerprint density at radius 2 is 1.91 bits per heavy atom. The van der Waals surface area contributed by atoms with Crippen LogP contribution < -0.4 is 9.44 Å². The van der Waals surface area contributed by atoms with Gasteiger partial charge in [0, 0.05) is 37.7 Å². The van der Waals surface area contributed by atoms with Gasteiger partial charge in [0.1, 0.15) is 5.84 Å². The predicted octanol–water partition coefficient (Wildman–Crippen LogP) is 1.87.